The van der Waals surface area contributed by atoms with Gasteiger partial charge in [0.2, 0.25) is 0 Å². The lowest BCUT2D eigenvalue weighted by Gasteiger charge is -2.35. The Morgan fingerprint density at radius 3 is 2.56 bits per heavy atom. The van der Waals surface area contributed by atoms with E-state index in [0.29, 0.717) is 29.1 Å². The summed E-state index contributed by atoms with van der Waals surface area (Å²) in [5, 5.41) is 3.00. The molecule has 0 spiro atoms. The second-order valence-electron chi connectivity index (χ2n) is 6.89. The number of piperazine rings is 1. The van der Waals surface area contributed by atoms with Gasteiger partial charge in [-0.2, -0.15) is 0 Å². The predicted molar refractivity (Wildman–Crippen MR) is 99.0 cm³/mol. The fourth-order valence-electron chi connectivity index (χ4n) is 3.34. The van der Waals surface area contributed by atoms with Crippen LogP contribution in [0.25, 0.3) is 11.0 Å². The van der Waals surface area contributed by atoms with Gasteiger partial charge in [-0.3, -0.25) is 4.79 Å². The highest BCUT2D eigenvalue weighted by molar-refractivity contribution is 5.97. The topological polar surface area (TPSA) is 84.2 Å². The molecule has 2 heterocycles. The molecule has 1 aliphatic rings. The van der Waals surface area contributed by atoms with Crippen molar-refractivity contribution in [2.24, 2.45) is 5.92 Å². The monoisotopic (exact) mass is 345 g/mol. The number of hydrogen-bond donors (Lipinski definition) is 3. The highest BCUT2D eigenvalue weighted by Crippen LogP contribution is 2.10. The first kappa shape index (κ1) is 17.7. The molecule has 1 fully saturated rings. The second kappa shape index (κ2) is 7.84. The van der Waals surface area contributed by atoms with Crippen molar-refractivity contribution in [3.63, 3.8) is 0 Å². The lowest BCUT2D eigenvalue weighted by molar-refractivity contribution is 0.0934. The van der Waals surface area contributed by atoms with Crippen LogP contribution in [-0.4, -0.2) is 71.5 Å². The summed E-state index contributed by atoms with van der Waals surface area (Å²) in [5.74, 6) is 0.291. The molecule has 1 aromatic heterocycles. The quantitative estimate of drug-likeness (QED) is 0.725. The first-order valence-corrected chi connectivity index (χ1v) is 9.00. The minimum absolute atomic E-state index is 0.105. The molecule has 3 rings (SSSR count). The molecule has 25 heavy (non-hydrogen) atoms. The normalized spacial score (nSPS) is 17.7. The number of hydrogen-bond acceptors (Lipinski definition) is 4. The van der Waals surface area contributed by atoms with Gasteiger partial charge >= 0.3 is 5.69 Å². The van der Waals surface area contributed by atoms with E-state index in [9.17, 15) is 9.59 Å². The van der Waals surface area contributed by atoms with Crippen molar-refractivity contribution in [2.45, 2.75) is 13.8 Å². The van der Waals surface area contributed by atoms with Crippen LogP contribution in [0.1, 0.15) is 24.2 Å². The summed E-state index contributed by atoms with van der Waals surface area (Å²) < 4.78 is 0. The highest BCUT2D eigenvalue weighted by atomic mass is 16.2. The van der Waals surface area contributed by atoms with Crippen LogP contribution in [0.15, 0.2) is 23.0 Å². The van der Waals surface area contributed by atoms with E-state index in [1.54, 1.807) is 18.2 Å². The third-order valence-corrected chi connectivity index (χ3v) is 4.87. The zero-order chi connectivity index (χ0) is 17.8. The summed E-state index contributed by atoms with van der Waals surface area (Å²) in [6, 6.07) is 5.19. The first-order chi connectivity index (χ1) is 12.0. The van der Waals surface area contributed by atoms with Crippen molar-refractivity contribution in [2.75, 3.05) is 45.8 Å². The Bertz CT molecular complexity index is 773. The average Bonchev–Trinajstić information content (AvgIpc) is 2.99. The number of carbonyl (C=O) groups is 1. The van der Waals surface area contributed by atoms with Crippen LogP contribution in [0.3, 0.4) is 0 Å². The number of H-pyrrole nitrogens is 2. The zero-order valence-corrected chi connectivity index (χ0v) is 15.0. The van der Waals surface area contributed by atoms with Gasteiger partial charge in [-0.05, 0) is 30.7 Å². The van der Waals surface area contributed by atoms with E-state index in [4.69, 9.17) is 0 Å². The van der Waals surface area contributed by atoms with Gasteiger partial charge in [-0.25, -0.2) is 4.79 Å². The van der Waals surface area contributed by atoms with Gasteiger partial charge in [0.1, 0.15) is 0 Å². The molecule has 0 unspecified atom stereocenters. The molecule has 1 atom stereocenters. The average molecular weight is 345 g/mol. The molecule has 7 heteroatoms. The van der Waals surface area contributed by atoms with Crippen LogP contribution in [0.2, 0.25) is 0 Å². The number of nitrogens with zero attached hydrogens (tertiary/aromatic N) is 2. The molecular weight excluding hydrogens is 318 g/mol. The lowest BCUT2D eigenvalue weighted by Crippen LogP contribution is -2.48. The molecule has 0 radical (unpaired) electrons. The standard InChI is InChI=1S/C18H27N5O2/c1-3-22-6-8-23(9-7-22)12-13(2)11-19-17(24)14-4-5-15-16(10-14)21-18(25)20-15/h4-5,10,13H,3,6-9,11-12H2,1-2H3,(H,19,24)(H2,20,21,25)/t13-/m0/s1. The number of amides is 1. The molecular formula is C18H27N5O2. The zero-order valence-electron chi connectivity index (χ0n) is 15.0. The summed E-state index contributed by atoms with van der Waals surface area (Å²) in [6.07, 6.45) is 0. The van der Waals surface area contributed by atoms with E-state index in [1.807, 2.05) is 0 Å². The van der Waals surface area contributed by atoms with Gasteiger partial charge in [-0.15, -0.1) is 0 Å². The van der Waals surface area contributed by atoms with Gasteiger partial charge < -0.3 is 25.1 Å². The van der Waals surface area contributed by atoms with Crippen molar-refractivity contribution in [3.8, 4) is 0 Å². The largest absolute Gasteiger partial charge is 0.352 e. The van der Waals surface area contributed by atoms with Crippen LogP contribution >= 0.6 is 0 Å². The number of nitrogens with one attached hydrogen (secondary N) is 3. The second-order valence-corrected chi connectivity index (χ2v) is 6.89. The smallest absolute Gasteiger partial charge is 0.323 e. The molecule has 3 N–H and O–H groups in total. The third-order valence-electron chi connectivity index (χ3n) is 4.87. The minimum atomic E-state index is -0.260. The maximum absolute atomic E-state index is 12.3. The summed E-state index contributed by atoms with van der Waals surface area (Å²) in [6.45, 7) is 11.6. The Labute approximate surface area is 147 Å². The Balaban J connectivity index is 1.48. The molecule has 1 saturated heterocycles. The number of imidazole rings is 1. The van der Waals surface area contributed by atoms with Crippen molar-refractivity contribution in [3.05, 3.63) is 34.2 Å². The molecule has 136 valence electrons. The van der Waals surface area contributed by atoms with Crippen LogP contribution in [0.4, 0.5) is 0 Å². The maximum atomic E-state index is 12.3. The fraction of sp³-hybridized carbons (Fsp3) is 0.556. The molecule has 1 aromatic carbocycles. The Morgan fingerprint density at radius 1 is 1.16 bits per heavy atom. The van der Waals surface area contributed by atoms with Gasteiger partial charge in [0, 0.05) is 44.8 Å². The van der Waals surface area contributed by atoms with E-state index < -0.39 is 0 Å². The number of benzene rings is 1. The lowest BCUT2D eigenvalue weighted by atomic mass is 10.1. The van der Waals surface area contributed by atoms with Crippen molar-refractivity contribution < 1.29 is 4.79 Å². The summed E-state index contributed by atoms with van der Waals surface area (Å²) >= 11 is 0. The summed E-state index contributed by atoms with van der Waals surface area (Å²) in [4.78, 5) is 33.9. The number of aromatic nitrogens is 2. The van der Waals surface area contributed by atoms with E-state index in [0.717, 1.165) is 39.3 Å². The fourth-order valence-corrected chi connectivity index (χ4v) is 3.34. The minimum Gasteiger partial charge on any atom is -0.352 e. The van der Waals surface area contributed by atoms with Gasteiger partial charge in [0.25, 0.3) is 5.91 Å². The van der Waals surface area contributed by atoms with Gasteiger partial charge in [-0.1, -0.05) is 13.8 Å². The Hall–Kier alpha value is -2.12. The Morgan fingerprint density at radius 2 is 1.84 bits per heavy atom. The maximum Gasteiger partial charge on any atom is 0.323 e. The molecule has 0 saturated carbocycles. The third kappa shape index (κ3) is 4.49. The van der Waals surface area contributed by atoms with Gasteiger partial charge in [0.05, 0.1) is 11.0 Å². The summed E-state index contributed by atoms with van der Waals surface area (Å²) in [7, 11) is 0. The molecule has 1 aliphatic heterocycles. The van der Waals surface area contributed by atoms with Crippen LogP contribution in [0, 0.1) is 5.92 Å². The molecule has 1 amide bonds. The molecule has 2 aromatic rings. The number of aromatic amines is 2. The predicted octanol–water partition coefficient (Wildman–Crippen LogP) is 0.860. The highest BCUT2D eigenvalue weighted by Gasteiger charge is 2.18. The van der Waals surface area contributed by atoms with Crippen molar-refractivity contribution in [1.29, 1.82) is 0 Å². The summed E-state index contributed by atoms with van der Waals surface area (Å²) in [5.41, 5.74) is 1.66. The van der Waals surface area contributed by atoms with E-state index in [1.165, 1.54) is 0 Å². The molecule has 0 bridgehead atoms. The first-order valence-electron chi connectivity index (χ1n) is 9.00. The Kier molecular flexibility index (Phi) is 5.55. The molecule has 7 nitrogen and oxygen atoms in total. The number of likely N-dealkylation sites (N-methyl/N-ethyl adjacent to an activating group) is 1. The van der Waals surface area contributed by atoms with Gasteiger partial charge in [0.15, 0.2) is 0 Å². The van der Waals surface area contributed by atoms with Crippen LogP contribution < -0.4 is 11.0 Å². The number of carbonyl (C=O) groups excluding carboxylic acids is 1. The van der Waals surface area contributed by atoms with Crippen molar-refractivity contribution in [1.82, 2.24) is 25.1 Å². The van der Waals surface area contributed by atoms with E-state index in [-0.39, 0.29) is 11.6 Å². The van der Waals surface area contributed by atoms with E-state index >= 15 is 0 Å². The number of rotatable bonds is 6. The SMILES string of the molecule is CCN1CCN(C[C@@H](C)CNC(=O)c2ccc3[nH]c(=O)[nH]c3c2)CC1. The van der Waals surface area contributed by atoms with E-state index in [2.05, 4.69) is 38.9 Å². The van der Waals surface area contributed by atoms with Crippen LogP contribution in [0.5, 0.6) is 0 Å². The number of fused-ring (bicyclic) bond motifs is 1. The van der Waals surface area contributed by atoms with Crippen molar-refractivity contribution >= 4 is 16.9 Å². The van der Waals surface area contributed by atoms with Crippen LogP contribution in [-0.2, 0) is 0 Å². The molecule has 0 aliphatic carbocycles.